The van der Waals surface area contributed by atoms with Crippen LogP contribution in [0.2, 0.25) is 0 Å². The number of hydrogen-bond acceptors (Lipinski definition) is 4. The molecule has 0 unspecified atom stereocenters. The van der Waals surface area contributed by atoms with E-state index in [0.717, 1.165) is 12.0 Å². The van der Waals surface area contributed by atoms with Crippen LogP contribution >= 0.6 is 0 Å². The van der Waals surface area contributed by atoms with Crippen molar-refractivity contribution in [1.29, 1.82) is 0 Å². The first kappa shape index (κ1) is 21.3. The highest BCUT2D eigenvalue weighted by Crippen LogP contribution is 2.27. The van der Waals surface area contributed by atoms with Crippen molar-refractivity contribution < 1.29 is 12.8 Å². The Morgan fingerprint density at radius 1 is 1.03 bits per heavy atom. The van der Waals surface area contributed by atoms with E-state index in [4.69, 9.17) is 4.42 Å². The SMILES string of the molecule is CC[C@H](C)c1ccc([C@@H](NS(=O)(=O)c2ccc3c(c2)oc(=O)n3C)C(C)C)cc1. The average molecular weight is 417 g/mol. The summed E-state index contributed by atoms with van der Waals surface area (Å²) in [5.74, 6) is -0.00734. The monoisotopic (exact) mass is 416 g/mol. The van der Waals surface area contributed by atoms with Crippen molar-refractivity contribution in [3.63, 3.8) is 0 Å². The summed E-state index contributed by atoms with van der Waals surface area (Å²) >= 11 is 0. The van der Waals surface area contributed by atoms with Crippen LogP contribution < -0.4 is 10.5 Å². The number of oxazole rings is 1. The summed E-state index contributed by atoms with van der Waals surface area (Å²) in [7, 11) is -2.22. The molecule has 0 radical (unpaired) electrons. The number of sulfonamides is 1. The zero-order valence-corrected chi connectivity index (χ0v) is 18.3. The van der Waals surface area contributed by atoms with Gasteiger partial charge >= 0.3 is 5.76 Å². The summed E-state index contributed by atoms with van der Waals surface area (Å²) in [6, 6.07) is 12.2. The minimum atomic E-state index is -3.80. The number of nitrogens with one attached hydrogen (secondary N) is 1. The topological polar surface area (TPSA) is 81.3 Å². The quantitative estimate of drug-likeness (QED) is 0.622. The molecule has 0 amide bonds. The third kappa shape index (κ3) is 4.31. The van der Waals surface area contributed by atoms with Gasteiger partial charge in [-0.1, -0.05) is 52.0 Å². The summed E-state index contributed by atoms with van der Waals surface area (Å²) in [5.41, 5.74) is 2.96. The molecular weight excluding hydrogens is 388 g/mol. The van der Waals surface area contributed by atoms with Crippen molar-refractivity contribution in [3.8, 4) is 0 Å². The van der Waals surface area contributed by atoms with E-state index >= 15 is 0 Å². The zero-order chi connectivity index (χ0) is 21.3. The van der Waals surface area contributed by atoms with Crippen molar-refractivity contribution in [3.05, 3.63) is 64.1 Å². The van der Waals surface area contributed by atoms with Gasteiger partial charge in [0.1, 0.15) is 0 Å². The van der Waals surface area contributed by atoms with E-state index in [1.807, 2.05) is 26.0 Å². The Morgan fingerprint density at radius 3 is 2.24 bits per heavy atom. The highest BCUT2D eigenvalue weighted by molar-refractivity contribution is 7.89. The van der Waals surface area contributed by atoms with Gasteiger partial charge in [-0.25, -0.2) is 17.9 Å². The number of rotatable bonds is 7. The number of fused-ring (bicyclic) bond motifs is 1. The first-order chi connectivity index (χ1) is 13.6. The van der Waals surface area contributed by atoms with Gasteiger partial charge in [0.15, 0.2) is 5.58 Å². The van der Waals surface area contributed by atoms with Crippen molar-refractivity contribution in [2.24, 2.45) is 13.0 Å². The average Bonchev–Trinajstić information content (AvgIpc) is 2.99. The van der Waals surface area contributed by atoms with E-state index in [9.17, 15) is 13.2 Å². The second-order valence-corrected chi connectivity index (χ2v) is 9.59. The number of benzene rings is 2. The molecule has 0 spiro atoms. The van der Waals surface area contributed by atoms with Crippen LogP contribution in [-0.4, -0.2) is 13.0 Å². The first-order valence-corrected chi connectivity index (χ1v) is 11.3. The van der Waals surface area contributed by atoms with Crippen molar-refractivity contribution in [1.82, 2.24) is 9.29 Å². The van der Waals surface area contributed by atoms with Gasteiger partial charge in [0.05, 0.1) is 10.4 Å². The molecule has 0 fully saturated rings. The van der Waals surface area contributed by atoms with Crippen LogP contribution in [0, 0.1) is 5.92 Å². The van der Waals surface area contributed by atoms with Crippen LogP contribution in [0.15, 0.2) is 56.6 Å². The summed E-state index contributed by atoms with van der Waals surface area (Å²) < 4.78 is 35.4. The predicted octanol–water partition coefficient (Wildman–Crippen LogP) is 4.32. The molecule has 7 heteroatoms. The maximum absolute atomic E-state index is 13.0. The van der Waals surface area contributed by atoms with Crippen molar-refractivity contribution in [2.45, 2.75) is 51.0 Å². The first-order valence-electron chi connectivity index (χ1n) is 9.85. The highest BCUT2D eigenvalue weighted by atomic mass is 32.2. The molecule has 3 rings (SSSR count). The van der Waals surface area contributed by atoms with Gasteiger partial charge in [-0.15, -0.1) is 0 Å². The van der Waals surface area contributed by atoms with Crippen molar-refractivity contribution in [2.75, 3.05) is 0 Å². The Kier molecular flexibility index (Phi) is 6.00. The molecule has 29 heavy (non-hydrogen) atoms. The molecule has 0 saturated carbocycles. The van der Waals surface area contributed by atoms with Gasteiger partial charge in [0, 0.05) is 19.2 Å². The van der Waals surface area contributed by atoms with E-state index in [1.165, 1.54) is 22.3 Å². The summed E-state index contributed by atoms with van der Waals surface area (Å²) in [6.45, 7) is 8.29. The third-order valence-corrected chi connectivity index (χ3v) is 6.94. The molecule has 0 aliphatic rings. The molecule has 156 valence electrons. The predicted molar refractivity (Wildman–Crippen MR) is 115 cm³/mol. The van der Waals surface area contributed by atoms with Crippen LogP contribution in [-0.2, 0) is 17.1 Å². The van der Waals surface area contributed by atoms with Gasteiger partial charge in [-0.2, -0.15) is 0 Å². The number of hydrogen-bond donors (Lipinski definition) is 1. The molecule has 0 saturated heterocycles. The van der Waals surface area contributed by atoms with Gasteiger partial charge in [-0.3, -0.25) is 4.57 Å². The van der Waals surface area contributed by atoms with E-state index < -0.39 is 15.8 Å². The Morgan fingerprint density at radius 2 is 1.66 bits per heavy atom. The van der Waals surface area contributed by atoms with Gasteiger partial charge < -0.3 is 4.42 Å². The van der Waals surface area contributed by atoms with Gasteiger partial charge in [0.2, 0.25) is 10.0 Å². The smallest absolute Gasteiger partial charge is 0.408 e. The molecular formula is C22H28N2O4S. The lowest BCUT2D eigenvalue weighted by Crippen LogP contribution is -2.31. The fourth-order valence-electron chi connectivity index (χ4n) is 3.37. The second kappa shape index (κ2) is 8.16. The van der Waals surface area contributed by atoms with Crippen LogP contribution in [0.1, 0.15) is 57.2 Å². The number of aryl methyl sites for hydroxylation is 1. The molecule has 1 heterocycles. The molecule has 2 aromatic carbocycles. The Balaban J connectivity index is 1.92. The number of aromatic nitrogens is 1. The molecule has 1 N–H and O–H groups in total. The van der Waals surface area contributed by atoms with Crippen LogP contribution in [0.4, 0.5) is 0 Å². The summed E-state index contributed by atoms with van der Waals surface area (Å²) in [5, 5.41) is 0. The van der Waals surface area contributed by atoms with Crippen molar-refractivity contribution >= 4 is 21.1 Å². The van der Waals surface area contributed by atoms with E-state index in [0.29, 0.717) is 11.4 Å². The minimum Gasteiger partial charge on any atom is -0.408 e. The molecule has 1 aromatic heterocycles. The lowest BCUT2D eigenvalue weighted by Gasteiger charge is -2.23. The van der Waals surface area contributed by atoms with E-state index in [-0.39, 0.29) is 22.4 Å². The maximum atomic E-state index is 13.0. The van der Waals surface area contributed by atoms with Gasteiger partial charge in [-0.05, 0) is 41.5 Å². The van der Waals surface area contributed by atoms with Crippen LogP contribution in [0.25, 0.3) is 11.1 Å². The number of nitrogens with zero attached hydrogens (tertiary/aromatic N) is 1. The minimum absolute atomic E-state index is 0.0533. The fraction of sp³-hybridized carbons (Fsp3) is 0.409. The van der Waals surface area contributed by atoms with E-state index in [2.05, 4.69) is 30.7 Å². The molecule has 0 bridgehead atoms. The molecule has 3 aromatic rings. The largest absolute Gasteiger partial charge is 0.419 e. The maximum Gasteiger partial charge on any atom is 0.419 e. The molecule has 2 atom stereocenters. The summed E-state index contributed by atoms with van der Waals surface area (Å²) in [4.78, 5) is 11.8. The van der Waals surface area contributed by atoms with Crippen LogP contribution in [0.3, 0.4) is 0 Å². The summed E-state index contributed by atoms with van der Waals surface area (Å²) in [6.07, 6.45) is 1.05. The van der Waals surface area contributed by atoms with Crippen LogP contribution in [0.5, 0.6) is 0 Å². The normalized spacial score (nSPS) is 14.4. The van der Waals surface area contributed by atoms with E-state index in [1.54, 1.807) is 13.1 Å². The molecule has 0 aliphatic carbocycles. The molecule has 6 nitrogen and oxygen atoms in total. The second-order valence-electron chi connectivity index (χ2n) is 7.88. The van der Waals surface area contributed by atoms with Gasteiger partial charge in [0.25, 0.3) is 0 Å². The highest BCUT2D eigenvalue weighted by Gasteiger charge is 2.25. The zero-order valence-electron chi connectivity index (χ0n) is 17.5. The standard InChI is InChI=1S/C22H28N2O4S/c1-6-15(4)16-7-9-17(10-8-16)21(14(2)3)23-29(26,27)18-11-12-19-20(13-18)28-22(25)24(19)5/h7-15,21,23H,6H2,1-5H3/t15-,21-/m0/s1. The third-order valence-electron chi connectivity index (χ3n) is 5.50. The Labute approximate surface area is 171 Å². The Hall–Kier alpha value is -2.38. The lowest BCUT2D eigenvalue weighted by molar-refractivity contribution is 0.463. The lowest BCUT2D eigenvalue weighted by atomic mass is 9.93. The fourth-order valence-corrected chi connectivity index (χ4v) is 4.76. The molecule has 0 aliphatic heterocycles. The Bertz CT molecular complexity index is 1160.